The monoisotopic (exact) mass is 361 g/mol. The molecular formula is C17H20FN5OS. The Labute approximate surface area is 149 Å². The fourth-order valence-electron chi connectivity index (χ4n) is 3.24. The molecule has 132 valence electrons. The number of hydrogen-bond acceptors (Lipinski definition) is 6. The van der Waals surface area contributed by atoms with Gasteiger partial charge in [-0.15, -0.1) is 0 Å². The fraction of sp³-hybridized carbons (Fsp3) is 0.412. The molecule has 25 heavy (non-hydrogen) atoms. The van der Waals surface area contributed by atoms with Crippen LogP contribution in [0.25, 0.3) is 5.52 Å². The average molecular weight is 361 g/mol. The second-order valence-electron chi connectivity index (χ2n) is 6.30. The summed E-state index contributed by atoms with van der Waals surface area (Å²) in [6.45, 7) is 3.49. The Morgan fingerprint density at radius 2 is 2.32 bits per heavy atom. The van der Waals surface area contributed by atoms with Gasteiger partial charge in [-0.25, -0.2) is 4.52 Å². The minimum Gasteiger partial charge on any atom is -0.489 e. The molecule has 1 fully saturated rings. The van der Waals surface area contributed by atoms with Crippen LogP contribution in [0.15, 0.2) is 30.6 Å². The first-order valence-electron chi connectivity index (χ1n) is 8.29. The van der Waals surface area contributed by atoms with Gasteiger partial charge in [-0.2, -0.15) is 14.5 Å². The third kappa shape index (κ3) is 3.32. The number of likely N-dealkylation sites (tertiary alicyclic amines) is 1. The summed E-state index contributed by atoms with van der Waals surface area (Å²) in [6, 6.07) is 6.20. The molecule has 2 unspecified atom stereocenters. The number of rotatable bonds is 5. The normalized spacial score (nSPS) is 21.1. The smallest absolute Gasteiger partial charge is 0.230 e. The molecule has 0 aromatic carbocycles. The minimum absolute atomic E-state index is 0.0973. The largest absolute Gasteiger partial charge is 0.489 e. The molecule has 0 saturated carbocycles. The lowest BCUT2D eigenvalue weighted by Crippen LogP contribution is -2.28. The first kappa shape index (κ1) is 16.3. The van der Waals surface area contributed by atoms with Crippen molar-refractivity contribution >= 4 is 22.0 Å². The van der Waals surface area contributed by atoms with Gasteiger partial charge in [0.15, 0.2) is 5.13 Å². The van der Waals surface area contributed by atoms with Crippen LogP contribution in [0.5, 0.6) is 5.75 Å². The second-order valence-corrected chi connectivity index (χ2v) is 7.38. The molecule has 2 atom stereocenters. The Hall–Kier alpha value is -2.19. The van der Waals surface area contributed by atoms with Gasteiger partial charge in [0, 0.05) is 51.1 Å². The van der Waals surface area contributed by atoms with Crippen molar-refractivity contribution in [2.75, 3.05) is 18.9 Å². The van der Waals surface area contributed by atoms with E-state index in [0.717, 1.165) is 24.2 Å². The molecule has 1 N–H and O–H groups in total. The number of anilines is 1. The molecule has 8 heteroatoms. The van der Waals surface area contributed by atoms with E-state index in [9.17, 15) is 4.39 Å². The molecule has 6 nitrogen and oxygen atoms in total. The van der Waals surface area contributed by atoms with Crippen LogP contribution in [0.1, 0.15) is 18.2 Å². The summed E-state index contributed by atoms with van der Waals surface area (Å²) in [7, 11) is 1.75. The van der Waals surface area contributed by atoms with Gasteiger partial charge in [0.1, 0.15) is 11.9 Å². The molecule has 1 aliphatic heterocycles. The van der Waals surface area contributed by atoms with Crippen molar-refractivity contribution in [1.29, 1.82) is 0 Å². The Bertz CT molecular complexity index is 879. The number of aromatic nitrogens is 3. The summed E-state index contributed by atoms with van der Waals surface area (Å²) in [5, 5.41) is 7.69. The molecule has 3 aromatic rings. The quantitative estimate of drug-likeness (QED) is 0.757. The van der Waals surface area contributed by atoms with Crippen LogP contribution in [0.2, 0.25) is 0 Å². The summed E-state index contributed by atoms with van der Waals surface area (Å²) >= 11 is 1.37. The predicted molar refractivity (Wildman–Crippen MR) is 95.7 cm³/mol. The Balaban J connectivity index is 1.42. The molecule has 0 amide bonds. The van der Waals surface area contributed by atoms with Gasteiger partial charge in [-0.05, 0) is 19.1 Å². The van der Waals surface area contributed by atoms with Crippen molar-refractivity contribution in [3.8, 4) is 5.75 Å². The van der Waals surface area contributed by atoms with Crippen LogP contribution in [0, 0.1) is 5.95 Å². The SMILES string of the molecule is CNc1nc(F)c(CN2CC(Oc3ccn4nccc4c3)CC2C)s1. The lowest BCUT2D eigenvalue weighted by atomic mass is 10.2. The van der Waals surface area contributed by atoms with Crippen molar-refractivity contribution in [1.82, 2.24) is 19.5 Å². The Morgan fingerprint density at radius 3 is 3.12 bits per heavy atom. The Kier molecular flexibility index (Phi) is 4.30. The maximum absolute atomic E-state index is 13.9. The Morgan fingerprint density at radius 1 is 1.44 bits per heavy atom. The summed E-state index contributed by atoms with van der Waals surface area (Å²) < 4.78 is 21.9. The maximum atomic E-state index is 13.9. The molecule has 0 aliphatic carbocycles. The van der Waals surface area contributed by atoms with Crippen molar-refractivity contribution in [3.05, 3.63) is 41.4 Å². The van der Waals surface area contributed by atoms with Gasteiger partial charge in [-0.3, -0.25) is 4.90 Å². The standard InChI is InChI=1S/C17H20FN5OS/c1-11-7-14(24-13-4-6-23-12(8-13)3-5-20-23)9-22(11)10-15-16(18)21-17(19-2)25-15/h3-6,8,11,14H,7,9-10H2,1-2H3,(H,19,21). The topological polar surface area (TPSA) is 54.7 Å². The lowest BCUT2D eigenvalue weighted by Gasteiger charge is -2.19. The molecule has 0 spiro atoms. The van der Waals surface area contributed by atoms with Crippen molar-refractivity contribution in [2.24, 2.45) is 0 Å². The van der Waals surface area contributed by atoms with Crippen LogP contribution in [-0.2, 0) is 6.54 Å². The molecule has 4 rings (SSSR count). The number of ether oxygens (including phenoxy) is 1. The van der Waals surface area contributed by atoms with Crippen molar-refractivity contribution < 1.29 is 9.13 Å². The third-order valence-corrected chi connectivity index (χ3v) is 5.58. The van der Waals surface area contributed by atoms with Crippen LogP contribution in [0.3, 0.4) is 0 Å². The van der Waals surface area contributed by atoms with Crippen molar-refractivity contribution in [2.45, 2.75) is 32.0 Å². The molecular weight excluding hydrogens is 341 g/mol. The molecule has 3 aromatic heterocycles. The van der Waals surface area contributed by atoms with Crippen LogP contribution >= 0.6 is 11.3 Å². The zero-order valence-corrected chi connectivity index (χ0v) is 15.0. The molecule has 0 bridgehead atoms. The van der Waals surface area contributed by atoms with E-state index in [2.05, 4.69) is 27.2 Å². The van der Waals surface area contributed by atoms with E-state index in [4.69, 9.17) is 4.74 Å². The van der Waals surface area contributed by atoms with E-state index in [0.29, 0.717) is 22.6 Å². The maximum Gasteiger partial charge on any atom is 0.230 e. The lowest BCUT2D eigenvalue weighted by molar-refractivity contribution is 0.194. The number of hydrogen-bond donors (Lipinski definition) is 1. The van der Waals surface area contributed by atoms with E-state index in [-0.39, 0.29) is 12.1 Å². The highest BCUT2D eigenvalue weighted by Crippen LogP contribution is 2.28. The molecule has 1 saturated heterocycles. The third-order valence-electron chi connectivity index (χ3n) is 4.55. The van der Waals surface area contributed by atoms with E-state index in [1.165, 1.54) is 11.3 Å². The number of fused-ring (bicyclic) bond motifs is 1. The minimum atomic E-state index is -0.378. The average Bonchev–Trinajstić information content (AvgIpc) is 3.28. The zero-order valence-electron chi connectivity index (χ0n) is 14.1. The highest BCUT2D eigenvalue weighted by atomic mass is 32.1. The van der Waals surface area contributed by atoms with E-state index in [1.54, 1.807) is 13.2 Å². The number of nitrogens with one attached hydrogen (secondary N) is 1. The van der Waals surface area contributed by atoms with Gasteiger partial charge in [0.2, 0.25) is 5.95 Å². The van der Waals surface area contributed by atoms with Crippen LogP contribution < -0.4 is 10.1 Å². The summed E-state index contributed by atoms with van der Waals surface area (Å²) in [4.78, 5) is 6.79. The van der Waals surface area contributed by atoms with Crippen LogP contribution in [-0.4, -0.2) is 45.2 Å². The van der Waals surface area contributed by atoms with Gasteiger partial charge in [0.25, 0.3) is 0 Å². The number of thiazole rings is 1. The van der Waals surface area contributed by atoms with E-state index >= 15 is 0 Å². The molecule has 0 radical (unpaired) electrons. The number of pyridine rings is 1. The first-order chi connectivity index (χ1) is 12.1. The summed E-state index contributed by atoms with van der Waals surface area (Å²) in [5.41, 5.74) is 1.01. The number of nitrogens with zero attached hydrogens (tertiary/aromatic N) is 4. The highest BCUT2D eigenvalue weighted by molar-refractivity contribution is 7.15. The highest BCUT2D eigenvalue weighted by Gasteiger charge is 2.31. The zero-order chi connectivity index (χ0) is 17.4. The van der Waals surface area contributed by atoms with Gasteiger partial charge in [-0.1, -0.05) is 11.3 Å². The van der Waals surface area contributed by atoms with Gasteiger partial charge < -0.3 is 10.1 Å². The molecule has 1 aliphatic rings. The summed E-state index contributed by atoms with van der Waals surface area (Å²) in [6.07, 6.45) is 4.68. The predicted octanol–water partition coefficient (Wildman–Crippen LogP) is 3.01. The van der Waals surface area contributed by atoms with E-state index in [1.807, 2.05) is 28.9 Å². The fourth-order valence-corrected chi connectivity index (χ4v) is 4.06. The van der Waals surface area contributed by atoms with Crippen molar-refractivity contribution in [3.63, 3.8) is 0 Å². The van der Waals surface area contributed by atoms with Crippen LogP contribution in [0.4, 0.5) is 9.52 Å². The van der Waals surface area contributed by atoms with E-state index < -0.39 is 0 Å². The number of halogens is 1. The molecule has 4 heterocycles. The summed E-state index contributed by atoms with van der Waals surface area (Å²) in [5.74, 6) is 0.464. The second kappa shape index (κ2) is 6.61. The first-order valence-corrected chi connectivity index (χ1v) is 9.11. The van der Waals surface area contributed by atoms with Gasteiger partial charge in [0.05, 0.1) is 10.4 Å². The van der Waals surface area contributed by atoms with Gasteiger partial charge >= 0.3 is 0 Å².